The molecule has 0 aromatic rings. The van der Waals surface area contributed by atoms with E-state index in [4.69, 9.17) is 9.73 Å². The summed E-state index contributed by atoms with van der Waals surface area (Å²) in [6.45, 7) is 47.4. The Morgan fingerprint density at radius 2 is 1.59 bits per heavy atom. The SMILES string of the molecule is C=CNC(C(=C)NC(C(=O)OCC(C)C)C(C)C)C(C)O.C=CNCCCCC(C)/C(=C/C)NC(=C)C1CSC(C2CC(C)N2C(=C)C(CC(C)C)NC(=O)C(C)NC=C)=N1. The Bertz CT molecular complexity index is 1510. The smallest absolute Gasteiger partial charge is 0.328 e. The molecule has 0 bridgehead atoms. The molecule has 0 spiro atoms. The molecule has 0 saturated carbocycles. The molecule has 12 nitrogen and oxygen atoms in total. The number of unbranched alkanes of at least 4 members (excludes halogenated alkanes) is 1. The van der Waals surface area contributed by atoms with Crippen LogP contribution in [0.3, 0.4) is 0 Å². The van der Waals surface area contributed by atoms with Gasteiger partial charge in [0.2, 0.25) is 5.91 Å². The summed E-state index contributed by atoms with van der Waals surface area (Å²) in [4.78, 5) is 32.5. The first-order valence-electron chi connectivity index (χ1n) is 22.2. The lowest BCUT2D eigenvalue weighted by Crippen LogP contribution is -2.60. The summed E-state index contributed by atoms with van der Waals surface area (Å²) in [5.41, 5.74) is 3.68. The van der Waals surface area contributed by atoms with Gasteiger partial charge in [0.15, 0.2) is 0 Å². The predicted molar refractivity (Wildman–Crippen MR) is 259 cm³/mol. The summed E-state index contributed by atoms with van der Waals surface area (Å²) in [5.74, 6) is 1.73. The van der Waals surface area contributed by atoms with E-state index in [2.05, 4.69) is 117 Å². The molecule has 0 aromatic carbocycles. The Hall–Kier alpha value is -4.10. The number of esters is 1. The number of hydrogen-bond donors (Lipinski definition) is 7. The van der Waals surface area contributed by atoms with E-state index in [1.165, 1.54) is 11.9 Å². The van der Waals surface area contributed by atoms with Gasteiger partial charge in [0.1, 0.15) is 12.1 Å². The van der Waals surface area contributed by atoms with Crippen molar-refractivity contribution < 1.29 is 19.4 Å². The maximum atomic E-state index is 12.8. The van der Waals surface area contributed by atoms with Crippen molar-refractivity contribution in [2.75, 3.05) is 18.9 Å². The first kappa shape index (κ1) is 54.9. The van der Waals surface area contributed by atoms with Crippen molar-refractivity contribution in [3.63, 3.8) is 0 Å². The van der Waals surface area contributed by atoms with Crippen molar-refractivity contribution in [2.45, 2.75) is 157 Å². The minimum Gasteiger partial charge on any atom is -0.464 e. The number of aliphatic hydroxyl groups excluding tert-OH is 1. The zero-order valence-electron chi connectivity index (χ0n) is 39.6. The van der Waals surface area contributed by atoms with E-state index < -0.39 is 18.2 Å². The third kappa shape index (κ3) is 18.8. The zero-order chi connectivity index (χ0) is 46.4. The van der Waals surface area contributed by atoms with Crippen molar-refractivity contribution in [1.29, 1.82) is 0 Å². The molecule has 7 N–H and O–H groups in total. The number of amides is 1. The van der Waals surface area contributed by atoms with Crippen molar-refractivity contribution in [1.82, 2.24) is 36.8 Å². The van der Waals surface area contributed by atoms with E-state index in [1.807, 2.05) is 46.4 Å². The highest BCUT2D eigenvalue weighted by molar-refractivity contribution is 8.14. The maximum Gasteiger partial charge on any atom is 0.328 e. The van der Waals surface area contributed by atoms with Gasteiger partial charge < -0.3 is 46.6 Å². The minimum atomic E-state index is -0.664. The van der Waals surface area contributed by atoms with Crippen LogP contribution < -0.4 is 31.9 Å². The molecule has 2 aliphatic rings. The largest absolute Gasteiger partial charge is 0.464 e. The molecule has 2 heterocycles. The predicted octanol–water partition coefficient (Wildman–Crippen LogP) is 7.47. The molecule has 9 unspecified atom stereocenters. The van der Waals surface area contributed by atoms with E-state index in [0.717, 1.165) is 60.8 Å². The zero-order valence-corrected chi connectivity index (χ0v) is 40.4. The first-order chi connectivity index (χ1) is 28.7. The van der Waals surface area contributed by atoms with Gasteiger partial charge in [-0.05, 0) is 95.6 Å². The molecule has 1 amide bonds. The summed E-state index contributed by atoms with van der Waals surface area (Å²) < 4.78 is 5.28. The highest BCUT2D eigenvalue weighted by Crippen LogP contribution is 2.38. The average Bonchev–Trinajstić information content (AvgIpc) is 3.68. The van der Waals surface area contributed by atoms with Crippen LogP contribution >= 0.6 is 11.8 Å². The molecule has 0 radical (unpaired) electrons. The average molecular weight is 869 g/mol. The summed E-state index contributed by atoms with van der Waals surface area (Å²) in [7, 11) is 0. The number of likely N-dealkylation sites (tertiary alicyclic amines) is 1. The molecule has 13 heteroatoms. The molecule has 9 atom stereocenters. The van der Waals surface area contributed by atoms with Gasteiger partial charge in [-0.2, -0.15) is 0 Å². The summed E-state index contributed by atoms with van der Waals surface area (Å²) >= 11 is 1.82. The van der Waals surface area contributed by atoms with Crippen molar-refractivity contribution in [3.05, 3.63) is 86.9 Å². The first-order valence-corrected chi connectivity index (χ1v) is 23.2. The van der Waals surface area contributed by atoms with Gasteiger partial charge in [-0.15, -0.1) is 11.8 Å². The van der Waals surface area contributed by atoms with Gasteiger partial charge in [-0.1, -0.05) is 100 Å². The van der Waals surface area contributed by atoms with Crippen molar-refractivity contribution >= 4 is 28.7 Å². The molecule has 1 fully saturated rings. The quantitative estimate of drug-likeness (QED) is 0.0296. The van der Waals surface area contributed by atoms with Crippen LogP contribution in [-0.4, -0.2) is 94.2 Å². The molecular formula is C48H84N8O4S. The lowest BCUT2D eigenvalue weighted by molar-refractivity contribution is -0.148. The van der Waals surface area contributed by atoms with Gasteiger partial charge in [0.05, 0.1) is 41.9 Å². The Morgan fingerprint density at radius 3 is 2.11 bits per heavy atom. The van der Waals surface area contributed by atoms with Gasteiger partial charge in [-0.25, -0.2) is 4.79 Å². The number of carbonyl (C=O) groups excluding carboxylic acids is 2. The molecule has 2 rings (SSSR count). The summed E-state index contributed by atoms with van der Waals surface area (Å²) in [6.07, 6.45) is 11.6. The number of ether oxygens (including phenoxy) is 1. The number of allylic oxidation sites excluding steroid dienone is 2. The van der Waals surface area contributed by atoms with Crippen LogP contribution in [0.15, 0.2) is 91.9 Å². The standard InChI is InChI=1S/C32H54N6OS.C16H30N2O3/c1-11-27(22(6)16-14-15-17-33-12-2)35-24(8)29-20-40-32(37-29)30-19-23(7)38(30)26(10)28(18-21(4)5)36-31(39)25(9)34-13-3;1-8-17-15(13(7)19)12(6)18-14(11(4)5)16(20)21-9-10(2)3/h11-13,21-23,25,28-30,33-35H,2-3,8,10,14-20H2,1,4-7,9H3,(H,36,39);8,10-11,13-15,17-19H,1,6,9H2,2-5,7H3/b27-11-;. The highest BCUT2D eigenvalue weighted by Gasteiger charge is 2.43. The molecule has 2 aliphatic heterocycles. The third-order valence-corrected chi connectivity index (χ3v) is 11.9. The van der Waals surface area contributed by atoms with E-state index in [0.29, 0.717) is 30.2 Å². The third-order valence-electron chi connectivity index (χ3n) is 10.7. The molecule has 0 aromatic heterocycles. The summed E-state index contributed by atoms with van der Waals surface area (Å²) in [6, 6.07) is -0.790. The van der Waals surface area contributed by atoms with Crippen LogP contribution in [0.1, 0.15) is 108 Å². The normalized spacial score (nSPS) is 20.2. The fourth-order valence-corrected chi connectivity index (χ4v) is 8.33. The van der Waals surface area contributed by atoms with Crippen molar-refractivity contribution in [2.24, 2.45) is 28.7 Å². The molecule has 0 aliphatic carbocycles. The van der Waals surface area contributed by atoms with Gasteiger partial charge in [0, 0.05) is 41.1 Å². The maximum absolute atomic E-state index is 12.8. The number of aliphatic imine (C=N–C) groups is 1. The van der Waals surface area contributed by atoms with Crippen LogP contribution in [0.25, 0.3) is 0 Å². The van der Waals surface area contributed by atoms with Gasteiger partial charge >= 0.3 is 5.97 Å². The van der Waals surface area contributed by atoms with Crippen LogP contribution in [0.2, 0.25) is 0 Å². The number of thioether (sulfide) groups is 1. The Labute approximate surface area is 374 Å². The van der Waals surface area contributed by atoms with Gasteiger partial charge in [-0.3, -0.25) is 9.79 Å². The number of nitrogens with one attached hydrogen (secondary N) is 6. The Balaban J connectivity index is 0.000000748. The summed E-state index contributed by atoms with van der Waals surface area (Å²) in [5, 5.41) is 29.9. The second kappa shape index (κ2) is 28.5. The fourth-order valence-electron chi connectivity index (χ4n) is 7.12. The van der Waals surface area contributed by atoms with Gasteiger partial charge in [0.25, 0.3) is 0 Å². The number of carbonyl (C=O) groups is 2. The van der Waals surface area contributed by atoms with Crippen molar-refractivity contribution in [3.8, 4) is 0 Å². The Kier molecular flexibility index (Phi) is 25.6. The van der Waals surface area contributed by atoms with Crippen LogP contribution in [0, 0.1) is 23.7 Å². The monoisotopic (exact) mass is 869 g/mol. The highest BCUT2D eigenvalue weighted by atomic mass is 32.2. The number of nitrogens with zero attached hydrogens (tertiary/aromatic N) is 2. The van der Waals surface area contributed by atoms with E-state index in [1.54, 1.807) is 19.3 Å². The van der Waals surface area contributed by atoms with E-state index in [9.17, 15) is 14.7 Å². The number of hydrogen-bond acceptors (Lipinski definition) is 12. The lowest BCUT2D eigenvalue weighted by Gasteiger charge is -2.51. The molecule has 346 valence electrons. The molecule has 61 heavy (non-hydrogen) atoms. The topological polar surface area (TPSA) is 151 Å². The fraction of sp³-hybridized carbons (Fsp3) is 0.646. The second-order valence-electron chi connectivity index (χ2n) is 17.5. The molecule has 1 saturated heterocycles. The Morgan fingerprint density at radius 1 is 0.934 bits per heavy atom. The lowest BCUT2D eigenvalue weighted by atomic mass is 9.90. The molecular weight excluding hydrogens is 785 g/mol. The van der Waals surface area contributed by atoms with E-state index >= 15 is 0 Å². The van der Waals surface area contributed by atoms with Crippen LogP contribution in [-0.2, 0) is 14.3 Å². The number of rotatable bonds is 29. The minimum absolute atomic E-state index is 0.0415. The second-order valence-corrected chi connectivity index (χ2v) is 18.6. The number of aliphatic hydroxyl groups is 1. The van der Waals surface area contributed by atoms with Crippen LogP contribution in [0.4, 0.5) is 0 Å². The van der Waals surface area contributed by atoms with E-state index in [-0.39, 0.29) is 47.9 Å². The van der Waals surface area contributed by atoms with Crippen LogP contribution in [0.5, 0.6) is 0 Å².